The fraction of sp³-hybridized carbons (Fsp3) is 0.583. The SMILES string of the molecule is COc1c(C)c(C)c(O)c(CCC(C)CC/C=C(\C)CC/C=C(/C)F)c1C. The zero-order valence-electron chi connectivity index (χ0n) is 18.2. The van der Waals surface area contributed by atoms with Crippen LogP contribution in [0.2, 0.25) is 0 Å². The molecule has 1 N–H and O–H groups in total. The maximum absolute atomic E-state index is 12.7. The maximum Gasteiger partial charge on any atom is 0.125 e. The van der Waals surface area contributed by atoms with Gasteiger partial charge in [-0.15, -0.1) is 0 Å². The van der Waals surface area contributed by atoms with Crippen LogP contribution in [-0.2, 0) is 6.42 Å². The fourth-order valence-corrected chi connectivity index (χ4v) is 3.53. The maximum atomic E-state index is 12.7. The van der Waals surface area contributed by atoms with Crippen molar-refractivity contribution in [2.24, 2.45) is 5.92 Å². The molecule has 0 radical (unpaired) electrons. The van der Waals surface area contributed by atoms with E-state index in [0.717, 1.165) is 66.5 Å². The van der Waals surface area contributed by atoms with Gasteiger partial charge in [-0.1, -0.05) is 24.6 Å². The first kappa shape index (κ1) is 23.3. The van der Waals surface area contributed by atoms with Crippen molar-refractivity contribution in [1.82, 2.24) is 0 Å². The lowest BCUT2D eigenvalue weighted by molar-refractivity contribution is 0.401. The van der Waals surface area contributed by atoms with Crippen LogP contribution in [0.1, 0.15) is 75.1 Å². The van der Waals surface area contributed by atoms with Crippen LogP contribution in [0.15, 0.2) is 23.6 Å². The molecule has 0 amide bonds. The highest BCUT2D eigenvalue weighted by molar-refractivity contribution is 5.57. The van der Waals surface area contributed by atoms with E-state index in [1.807, 2.05) is 20.8 Å². The lowest BCUT2D eigenvalue weighted by Crippen LogP contribution is -2.03. The Bertz CT molecular complexity index is 682. The van der Waals surface area contributed by atoms with Crippen molar-refractivity contribution >= 4 is 0 Å². The number of allylic oxidation sites excluding steroid dienone is 4. The van der Waals surface area contributed by atoms with Crippen molar-refractivity contribution in [2.75, 3.05) is 7.11 Å². The van der Waals surface area contributed by atoms with Gasteiger partial charge in [-0.2, -0.15) is 0 Å². The van der Waals surface area contributed by atoms with Crippen LogP contribution in [0.3, 0.4) is 0 Å². The van der Waals surface area contributed by atoms with E-state index in [1.165, 1.54) is 12.5 Å². The number of methoxy groups -OCH3 is 1. The summed E-state index contributed by atoms with van der Waals surface area (Å²) >= 11 is 0. The lowest BCUT2D eigenvalue weighted by atomic mass is 9.90. The number of halogens is 1. The summed E-state index contributed by atoms with van der Waals surface area (Å²) in [6.07, 6.45) is 9.69. The minimum absolute atomic E-state index is 0.0991. The topological polar surface area (TPSA) is 29.5 Å². The fourth-order valence-electron chi connectivity index (χ4n) is 3.53. The highest BCUT2D eigenvalue weighted by atomic mass is 19.1. The van der Waals surface area contributed by atoms with E-state index in [1.54, 1.807) is 13.2 Å². The first-order valence-corrected chi connectivity index (χ1v) is 10.0. The number of rotatable bonds is 10. The second-order valence-electron chi connectivity index (χ2n) is 7.84. The first-order chi connectivity index (χ1) is 12.7. The van der Waals surface area contributed by atoms with E-state index in [0.29, 0.717) is 11.7 Å². The molecule has 0 aromatic heterocycles. The van der Waals surface area contributed by atoms with Gasteiger partial charge in [-0.3, -0.25) is 0 Å². The molecule has 0 spiro atoms. The summed E-state index contributed by atoms with van der Waals surface area (Å²) in [5.41, 5.74) is 5.32. The molecule has 0 bridgehead atoms. The normalized spacial score (nSPS) is 13.8. The molecular formula is C24H37FO2. The van der Waals surface area contributed by atoms with E-state index in [2.05, 4.69) is 19.9 Å². The summed E-state index contributed by atoms with van der Waals surface area (Å²) in [6.45, 7) is 11.9. The van der Waals surface area contributed by atoms with Gasteiger partial charge in [0, 0.05) is 5.56 Å². The van der Waals surface area contributed by atoms with Crippen molar-refractivity contribution in [2.45, 2.75) is 80.1 Å². The molecule has 0 aliphatic heterocycles. The molecule has 0 fully saturated rings. The van der Waals surface area contributed by atoms with E-state index >= 15 is 0 Å². The highest BCUT2D eigenvalue weighted by Gasteiger charge is 2.17. The van der Waals surface area contributed by atoms with Gasteiger partial charge in [-0.25, -0.2) is 4.39 Å². The number of hydrogen-bond donors (Lipinski definition) is 1. The molecule has 0 heterocycles. The largest absolute Gasteiger partial charge is 0.507 e. The van der Waals surface area contributed by atoms with Crippen LogP contribution < -0.4 is 4.74 Å². The summed E-state index contributed by atoms with van der Waals surface area (Å²) in [7, 11) is 1.69. The molecule has 1 unspecified atom stereocenters. The molecule has 1 rings (SSSR count). The molecular weight excluding hydrogens is 339 g/mol. The van der Waals surface area contributed by atoms with Crippen molar-refractivity contribution < 1.29 is 14.2 Å². The predicted molar refractivity (Wildman–Crippen MR) is 113 cm³/mol. The third kappa shape index (κ3) is 7.04. The quantitative estimate of drug-likeness (QED) is 0.435. The first-order valence-electron chi connectivity index (χ1n) is 10.0. The third-order valence-corrected chi connectivity index (χ3v) is 5.55. The molecule has 2 nitrogen and oxygen atoms in total. The Kier molecular flexibility index (Phi) is 9.62. The number of benzene rings is 1. The Morgan fingerprint density at radius 1 is 1.04 bits per heavy atom. The second kappa shape index (κ2) is 11.2. The zero-order chi connectivity index (χ0) is 20.6. The predicted octanol–water partition coefficient (Wildman–Crippen LogP) is 7.27. The van der Waals surface area contributed by atoms with E-state index in [4.69, 9.17) is 4.74 Å². The summed E-state index contributed by atoms with van der Waals surface area (Å²) in [5.74, 6) is 1.79. The summed E-state index contributed by atoms with van der Waals surface area (Å²) in [5, 5.41) is 10.6. The second-order valence-corrected chi connectivity index (χ2v) is 7.84. The number of hydrogen-bond acceptors (Lipinski definition) is 2. The van der Waals surface area contributed by atoms with E-state index in [-0.39, 0.29) is 5.83 Å². The summed E-state index contributed by atoms with van der Waals surface area (Å²) in [4.78, 5) is 0. The molecule has 1 aromatic carbocycles. The Hall–Kier alpha value is -1.77. The molecule has 27 heavy (non-hydrogen) atoms. The van der Waals surface area contributed by atoms with Gasteiger partial charge < -0.3 is 9.84 Å². The monoisotopic (exact) mass is 376 g/mol. The zero-order valence-corrected chi connectivity index (χ0v) is 18.2. The van der Waals surface area contributed by atoms with Crippen LogP contribution in [-0.4, -0.2) is 12.2 Å². The van der Waals surface area contributed by atoms with Gasteiger partial charge in [0.05, 0.1) is 12.9 Å². The van der Waals surface area contributed by atoms with Crippen molar-refractivity contribution in [3.8, 4) is 11.5 Å². The van der Waals surface area contributed by atoms with Gasteiger partial charge in [0.25, 0.3) is 0 Å². The highest BCUT2D eigenvalue weighted by Crippen LogP contribution is 2.38. The van der Waals surface area contributed by atoms with Crippen molar-refractivity contribution in [1.29, 1.82) is 0 Å². The van der Waals surface area contributed by atoms with Gasteiger partial charge in [0.2, 0.25) is 0 Å². The van der Waals surface area contributed by atoms with E-state index in [9.17, 15) is 9.50 Å². The van der Waals surface area contributed by atoms with Gasteiger partial charge >= 0.3 is 0 Å². The van der Waals surface area contributed by atoms with Crippen LogP contribution >= 0.6 is 0 Å². The minimum atomic E-state index is -0.0991. The Morgan fingerprint density at radius 2 is 1.70 bits per heavy atom. The molecule has 3 heteroatoms. The van der Waals surface area contributed by atoms with Crippen LogP contribution in [0.5, 0.6) is 11.5 Å². The number of aromatic hydroxyl groups is 1. The van der Waals surface area contributed by atoms with Crippen molar-refractivity contribution in [3.05, 3.63) is 45.8 Å². The van der Waals surface area contributed by atoms with E-state index < -0.39 is 0 Å². The van der Waals surface area contributed by atoms with Crippen LogP contribution in [0, 0.1) is 26.7 Å². The molecule has 1 aromatic rings. The van der Waals surface area contributed by atoms with Gasteiger partial charge in [0.15, 0.2) is 0 Å². The molecule has 1 atom stereocenters. The summed E-state index contributed by atoms with van der Waals surface area (Å²) < 4.78 is 18.3. The molecule has 152 valence electrons. The lowest BCUT2D eigenvalue weighted by Gasteiger charge is -2.19. The molecule has 0 aliphatic rings. The number of ether oxygens (including phenoxy) is 1. The van der Waals surface area contributed by atoms with Gasteiger partial charge in [0.1, 0.15) is 11.5 Å². The minimum Gasteiger partial charge on any atom is -0.507 e. The number of phenolic OH excluding ortho intramolecular Hbond substituents is 1. The summed E-state index contributed by atoms with van der Waals surface area (Å²) in [6, 6.07) is 0. The Balaban J connectivity index is 2.59. The van der Waals surface area contributed by atoms with Crippen LogP contribution in [0.25, 0.3) is 0 Å². The smallest absolute Gasteiger partial charge is 0.125 e. The molecule has 0 saturated carbocycles. The standard InChI is InChI=1S/C24H37FO2/c1-16(12-9-13-18(3)25)10-8-11-17(2)14-15-22-21(6)24(27-7)20(5)19(4)23(22)26/h10,13,17,26H,8-9,11-12,14-15H2,1-7H3/b16-10+,18-13-. The third-order valence-electron chi connectivity index (χ3n) is 5.55. The van der Waals surface area contributed by atoms with Gasteiger partial charge in [-0.05, 0) is 95.8 Å². The molecule has 0 aliphatic carbocycles. The van der Waals surface area contributed by atoms with Crippen LogP contribution in [0.4, 0.5) is 4.39 Å². The average molecular weight is 377 g/mol. The van der Waals surface area contributed by atoms with Crippen molar-refractivity contribution in [3.63, 3.8) is 0 Å². The Morgan fingerprint density at radius 3 is 2.30 bits per heavy atom. The number of phenols is 1. The average Bonchev–Trinajstić information content (AvgIpc) is 2.60. The Labute approximate surface area is 165 Å². The molecule has 0 saturated heterocycles.